The van der Waals surface area contributed by atoms with Gasteiger partial charge < -0.3 is 9.64 Å². The van der Waals surface area contributed by atoms with Gasteiger partial charge in [-0.3, -0.25) is 9.78 Å². The van der Waals surface area contributed by atoms with Gasteiger partial charge in [-0.1, -0.05) is 18.2 Å². The lowest BCUT2D eigenvalue weighted by molar-refractivity contribution is -0.134. The number of esters is 1. The molecule has 0 saturated carbocycles. The number of benzene rings is 1. The first-order valence-corrected chi connectivity index (χ1v) is 10.9. The molecule has 0 N–H and O–H groups in total. The molecule has 2 aliphatic heterocycles. The number of likely N-dealkylation sites (tertiary alicyclic amines) is 1. The third-order valence-electron chi connectivity index (χ3n) is 6.23. The lowest BCUT2D eigenvalue weighted by Gasteiger charge is -2.34. The van der Waals surface area contributed by atoms with E-state index in [2.05, 4.69) is 9.97 Å². The van der Waals surface area contributed by atoms with Crippen LogP contribution in [0.5, 0.6) is 0 Å². The lowest BCUT2D eigenvalue weighted by atomic mass is 9.89. The molecule has 0 radical (unpaired) electrons. The van der Waals surface area contributed by atoms with E-state index in [0.717, 1.165) is 41.1 Å². The van der Waals surface area contributed by atoms with Gasteiger partial charge in [-0.25, -0.2) is 14.8 Å². The standard InChI is InChI=1S/C25H24N4O3/c1-16-27-14-21(17-8-10-26-11-9-17)24(28-16)18-5-4-12-29(15-18)23(30)13-22-19-6-2-3-7-20(19)25(31)32-22/h2-3,6-11,14,18,22H,4-5,12-13,15H2,1H3/t18-,22+/m1/s1. The van der Waals surface area contributed by atoms with E-state index >= 15 is 0 Å². The number of piperidine rings is 1. The van der Waals surface area contributed by atoms with Crippen LogP contribution >= 0.6 is 0 Å². The normalized spacial score (nSPS) is 20.0. The zero-order valence-electron chi connectivity index (χ0n) is 17.9. The van der Waals surface area contributed by atoms with E-state index in [1.54, 1.807) is 18.5 Å². The maximum absolute atomic E-state index is 13.2. The third-order valence-corrected chi connectivity index (χ3v) is 6.23. The number of aryl methyl sites for hydroxylation is 1. The Kier molecular flexibility index (Phi) is 5.39. The van der Waals surface area contributed by atoms with Crippen LogP contribution in [-0.4, -0.2) is 44.8 Å². The number of carbonyl (C=O) groups is 2. The summed E-state index contributed by atoms with van der Waals surface area (Å²) in [5.41, 5.74) is 4.33. The number of nitrogens with zero attached hydrogens (tertiary/aromatic N) is 4. The Balaban J connectivity index is 1.35. The monoisotopic (exact) mass is 428 g/mol. The predicted molar refractivity (Wildman–Crippen MR) is 118 cm³/mol. The Hall–Kier alpha value is -3.61. The molecule has 0 unspecified atom stereocenters. The molecule has 162 valence electrons. The Morgan fingerprint density at radius 2 is 1.97 bits per heavy atom. The number of rotatable bonds is 4. The van der Waals surface area contributed by atoms with Gasteiger partial charge in [-0.05, 0) is 43.5 Å². The number of fused-ring (bicyclic) bond motifs is 1. The molecule has 5 rings (SSSR count). The van der Waals surface area contributed by atoms with Gasteiger partial charge in [0.25, 0.3) is 0 Å². The number of hydrogen-bond donors (Lipinski definition) is 0. The van der Waals surface area contributed by atoms with Crippen LogP contribution in [-0.2, 0) is 9.53 Å². The summed E-state index contributed by atoms with van der Waals surface area (Å²) in [5.74, 6) is 0.487. The molecule has 0 spiro atoms. The van der Waals surface area contributed by atoms with Crippen molar-refractivity contribution in [2.45, 2.75) is 38.2 Å². The first kappa shape index (κ1) is 20.3. The Morgan fingerprint density at radius 3 is 2.81 bits per heavy atom. The van der Waals surface area contributed by atoms with Crippen LogP contribution in [0.4, 0.5) is 0 Å². The first-order chi connectivity index (χ1) is 15.6. The van der Waals surface area contributed by atoms with Crippen molar-refractivity contribution in [1.29, 1.82) is 0 Å². The van der Waals surface area contributed by atoms with Crippen molar-refractivity contribution in [3.05, 3.63) is 77.6 Å². The van der Waals surface area contributed by atoms with E-state index in [-0.39, 0.29) is 24.2 Å². The second kappa shape index (κ2) is 8.49. The summed E-state index contributed by atoms with van der Waals surface area (Å²) >= 11 is 0. The van der Waals surface area contributed by atoms with Gasteiger partial charge in [-0.15, -0.1) is 0 Å². The summed E-state index contributed by atoms with van der Waals surface area (Å²) < 4.78 is 5.48. The summed E-state index contributed by atoms with van der Waals surface area (Å²) in [4.78, 5) is 40.4. The first-order valence-electron chi connectivity index (χ1n) is 10.9. The van der Waals surface area contributed by atoms with Gasteiger partial charge in [0.2, 0.25) is 5.91 Å². The van der Waals surface area contributed by atoms with Crippen LogP contribution in [0.3, 0.4) is 0 Å². The fraction of sp³-hybridized carbons (Fsp3) is 0.320. The number of pyridine rings is 1. The largest absolute Gasteiger partial charge is 0.453 e. The number of ether oxygens (including phenoxy) is 1. The zero-order chi connectivity index (χ0) is 22.1. The highest BCUT2D eigenvalue weighted by atomic mass is 16.5. The summed E-state index contributed by atoms with van der Waals surface area (Å²) in [7, 11) is 0. The maximum atomic E-state index is 13.2. The highest BCUT2D eigenvalue weighted by molar-refractivity contribution is 5.94. The molecule has 7 heteroatoms. The molecule has 32 heavy (non-hydrogen) atoms. The van der Waals surface area contributed by atoms with E-state index < -0.39 is 6.10 Å². The molecule has 1 fully saturated rings. The zero-order valence-corrected chi connectivity index (χ0v) is 17.9. The highest BCUT2D eigenvalue weighted by Gasteiger charge is 2.35. The SMILES string of the molecule is Cc1ncc(-c2ccncc2)c([C@@H]2CCCN(C(=O)C[C@@H]3OC(=O)c4ccccc43)C2)n1. The van der Waals surface area contributed by atoms with E-state index in [4.69, 9.17) is 9.72 Å². The molecule has 0 bridgehead atoms. The summed E-state index contributed by atoms with van der Waals surface area (Å²) in [6.07, 6.45) is 6.89. The highest BCUT2D eigenvalue weighted by Crippen LogP contribution is 2.36. The fourth-order valence-electron chi connectivity index (χ4n) is 4.64. The minimum Gasteiger partial charge on any atom is -0.453 e. The Labute approximate surface area is 186 Å². The van der Waals surface area contributed by atoms with E-state index in [0.29, 0.717) is 18.7 Å². The van der Waals surface area contributed by atoms with Crippen molar-refractivity contribution in [1.82, 2.24) is 19.9 Å². The molecule has 1 saturated heterocycles. The summed E-state index contributed by atoms with van der Waals surface area (Å²) in [6.45, 7) is 3.18. The number of hydrogen-bond acceptors (Lipinski definition) is 6. The van der Waals surface area contributed by atoms with E-state index in [9.17, 15) is 9.59 Å². The Bertz CT molecular complexity index is 1160. The van der Waals surface area contributed by atoms with Crippen LogP contribution in [0.25, 0.3) is 11.1 Å². The second-order valence-electron chi connectivity index (χ2n) is 8.32. The molecule has 0 aliphatic carbocycles. The molecule has 1 amide bonds. The molecule has 2 aliphatic rings. The van der Waals surface area contributed by atoms with Gasteiger partial charge in [0.15, 0.2) is 0 Å². The smallest absolute Gasteiger partial charge is 0.339 e. The predicted octanol–water partition coefficient (Wildman–Crippen LogP) is 3.85. The summed E-state index contributed by atoms with van der Waals surface area (Å²) in [5, 5.41) is 0. The van der Waals surface area contributed by atoms with Crippen LogP contribution in [0.2, 0.25) is 0 Å². The van der Waals surface area contributed by atoms with Crippen LogP contribution in [0.15, 0.2) is 55.0 Å². The molecule has 4 heterocycles. The number of carbonyl (C=O) groups excluding carboxylic acids is 2. The van der Waals surface area contributed by atoms with Gasteiger partial charge in [0.05, 0.1) is 17.7 Å². The molecular weight excluding hydrogens is 404 g/mol. The van der Waals surface area contributed by atoms with Crippen molar-refractivity contribution in [2.24, 2.45) is 0 Å². The maximum Gasteiger partial charge on any atom is 0.339 e. The Morgan fingerprint density at radius 1 is 1.16 bits per heavy atom. The molecule has 2 aromatic heterocycles. The quantitative estimate of drug-likeness (QED) is 0.587. The minimum absolute atomic E-state index is 0.000409. The van der Waals surface area contributed by atoms with Gasteiger partial charge >= 0.3 is 5.97 Å². The van der Waals surface area contributed by atoms with Crippen molar-refractivity contribution < 1.29 is 14.3 Å². The van der Waals surface area contributed by atoms with Gasteiger partial charge in [-0.2, -0.15) is 0 Å². The minimum atomic E-state index is -0.514. The number of amides is 1. The van der Waals surface area contributed by atoms with Crippen LogP contribution in [0.1, 0.15) is 58.7 Å². The van der Waals surface area contributed by atoms with Crippen LogP contribution < -0.4 is 0 Å². The number of cyclic esters (lactones) is 1. The van der Waals surface area contributed by atoms with Crippen LogP contribution in [0, 0.1) is 6.92 Å². The lowest BCUT2D eigenvalue weighted by Crippen LogP contribution is -2.40. The molecule has 2 atom stereocenters. The molecule has 7 nitrogen and oxygen atoms in total. The van der Waals surface area contributed by atoms with E-state index in [1.807, 2.05) is 48.4 Å². The average molecular weight is 428 g/mol. The van der Waals surface area contributed by atoms with Crippen molar-refractivity contribution >= 4 is 11.9 Å². The molecule has 1 aromatic carbocycles. The van der Waals surface area contributed by atoms with Crippen molar-refractivity contribution in [3.63, 3.8) is 0 Å². The van der Waals surface area contributed by atoms with E-state index in [1.165, 1.54) is 0 Å². The van der Waals surface area contributed by atoms with Crippen molar-refractivity contribution in [2.75, 3.05) is 13.1 Å². The average Bonchev–Trinajstić information content (AvgIpc) is 3.15. The van der Waals surface area contributed by atoms with Crippen molar-refractivity contribution in [3.8, 4) is 11.1 Å². The molecule has 3 aromatic rings. The van der Waals surface area contributed by atoms with Gasteiger partial charge in [0, 0.05) is 48.7 Å². The third kappa shape index (κ3) is 3.86. The topological polar surface area (TPSA) is 85.3 Å². The van der Waals surface area contributed by atoms with Gasteiger partial charge in [0.1, 0.15) is 11.9 Å². The second-order valence-corrected chi connectivity index (χ2v) is 8.32. The summed E-state index contributed by atoms with van der Waals surface area (Å²) in [6, 6.07) is 11.2. The number of aromatic nitrogens is 3. The molecular formula is C25H24N4O3. The fourth-order valence-corrected chi connectivity index (χ4v) is 4.64.